The van der Waals surface area contributed by atoms with Gasteiger partial charge < -0.3 is 5.11 Å². The summed E-state index contributed by atoms with van der Waals surface area (Å²) < 4.78 is 3.53. The van der Waals surface area contributed by atoms with E-state index in [-0.39, 0.29) is 0 Å². The van der Waals surface area contributed by atoms with Gasteiger partial charge in [-0.05, 0) is 6.42 Å². The summed E-state index contributed by atoms with van der Waals surface area (Å²) in [4.78, 5) is 10.8. The van der Waals surface area contributed by atoms with Gasteiger partial charge in [-0.25, -0.2) is 13.9 Å². The fourth-order valence-electron chi connectivity index (χ4n) is 1.27. The molecule has 0 bridgehead atoms. The second-order valence-corrected chi connectivity index (χ2v) is 3.15. The Balaban J connectivity index is 2.84. The molecule has 0 radical (unpaired) electrons. The lowest BCUT2D eigenvalue weighted by atomic mass is 10.3. The standard InChI is InChI=1S/C9H14N2O2/c1-3-4-5-11-7-10(2)6-8(11)9(12)13/h6-7H,3-5H2,1-2H3/p+1. The summed E-state index contributed by atoms with van der Waals surface area (Å²) >= 11 is 0. The first-order valence-electron chi connectivity index (χ1n) is 4.44. The van der Waals surface area contributed by atoms with Gasteiger partial charge >= 0.3 is 5.97 Å². The van der Waals surface area contributed by atoms with Crippen molar-refractivity contribution in [2.75, 3.05) is 0 Å². The Hall–Kier alpha value is -1.32. The van der Waals surface area contributed by atoms with E-state index in [1.165, 1.54) is 0 Å². The third-order valence-electron chi connectivity index (χ3n) is 1.93. The van der Waals surface area contributed by atoms with Crippen LogP contribution in [0.4, 0.5) is 0 Å². The maximum absolute atomic E-state index is 10.8. The Bertz CT molecular complexity index is 305. The van der Waals surface area contributed by atoms with Crippen LogP contribution in [0.25, 0.3) is 0 Å². The normalized spacial score (nSPS) is 10.3. The van der Waals surface area contributed by atoms with Crippen molar-refractivity contribution in [1.29, 1.82) is 0 Å². The van der Waals surface area contributed by atoms with E-state index in [4.69, 9.17) is 5.11 Å². The van der Waals surface area contributed by atoms with Crippen LogP contribution in [0.5, 0.6) is 0 Å². The topological polar surface area (TPSA) is 46.1 Å². The van der Waals surface area contributed by atoms with E-state index in [1.54, 1.807) is 21.7 Å². The molecule has 0 amide bonds. The summed E-state index contributed by atoms with van der Waals surface area (Å²) in [6.45, 7) is 2.86. The van der Waals surface area contributed by atoms with Crippen molar-refractivity contribution in [2.45, 2.75) is 26.3 Å². The Morgan fingerprint density at radius 1 is 1.69 bits per heavy atom. The lowest BCUT2D eigenvalue weighted by Gasteiger charge is -1.95. The molecule has 4 nitrogen and oxygen atoms in total. The number of rotatable bonds is 4. The van der Waals surface area contributed by atoms with Crippen molar-refractivity contribution < 1.29 is 14.5 Å². The minimum atomic E-state index is -0.864. The van der Waals surface area contributed by atoms with Crippen LogP contribution in [0, 0.1) is 0 Å². The Labute approximate surface area is 77.4 Å². The summed E-state index contributed by atoms with van der Waals surface area (Å²) in [6.07, 6.45) is 5.51. The van der Waals surface area contributed by atoms with Crippen LogP contribution in [0.15, 0.2) is 12.5 Å². The summed E-state index contributed by atoms with van der Waals surface area (Å²) in [5.41, 5.74) is 0.357. The fourth-order valence-corrected chi connectivity index (χ4v) is 1.27. The molecule has 1 rings (SSSR count). The molecule has 0 aliphatic heterocycles. The van der Waals surface area contributed by atoms with Crippen molar-refractivity contribution in [3.05, 3.63) is 18.2 Å². The number of nitrogens with zero attached hydrogens (tertiary/aromatic N) is 2. The second-order valence-electron chi connectivity index (χ2n) is 3.15. The van der Waals surface area contributed by atoms with Gasteiger partial charge in [0.15, 0.2) is 0 Å². The van der Waals surface area contributed by atoms with Crippen LogP contribution in [0.2, 0.25) is 0 Å². The van der Waals surface area contributed by atoms with Crippen molar-refractivity contribution in [2.24, 2.45) is 7.05 Å². The number of imidazole rings is 1. The first kappa shape index (κ1) is 9.77. The Kier molecular flexibility index (Phi) is 3.06. The summed E-state index contributed by atoms with van der Waals surface area (Å²) in [7, 11) is 1.83. The van der Waals surface area contributed by atoms with Crippen LogP contribution >= 0.6 is 0 Å². The zero-order chi connectivity index (χ0) is 9.84. The highest BCUT2D eigenvalue weighted by molar-refractivity contribution is 5.84. The second kappa shape index (κ2) is 4.07. The number of unbranched alkanes of at least 4 members (excludes halogenated alkanes) is 1. The van der Waals surface area contributed by atoms with Crippen LogP contribution in [0.3, 0.4) is 0 Å². The number of carboxylic acid groups (broad SMARTS) is 1. The molecular weight excluding hydrogens is 168 g/mol. The minimum Gasteiger partial charge on any atom is -0.475 e. The largest absolute Gasteiger partial charge is 0.475 e. The van der Waals surface area contributed by atoms with E-state index < -0.39 is 5.97 Å². The molecule has 0 saturated carbocycles. The quantitative estimate of drug-likeness (QED) is 0.702. The molecule has 0 unspecified atom stereocenters. The van der Waals surface area contributed by atoms with Crippen molar-refractivity contribution in [3.63, 3.8) is 0 Å². The van der Waals surface area contributed by atoms with Crippen LogP contribution in [-0.2, 0) is 13.6 Å². The first-order chi connectivity index (χ1) is 6.15. The third-order valence-corrected chi connectivity index (χ3v) is 1.93. The van der Waals surface area contributed by atoms with Gasteiger partial charge in [0.2, 0.25) is 6.33 Å². The molecule has 1 aromatic heterocycles. The smallest absolute Gasteiger partial charge is 0.379 e. The Morgan fingerprint density at radius 3 is 2.92 bits per heavy atom. The number of carboxylic acids is 1. The van der Waals surface area contributed by atoms with Crippen molar-refractivity contribution >= 4 is 5.97 Å². The molecule has 1 aromatic rings. The maximum atomic E-state index is 10.8. The SMILES string of the molecule is CCCCn1c[n+](C)cc1C(=O)O. The van der Waals surface area contributed by atoms with E-state index in [0.717, 1.165) is 19.4 Å². The highest BCUT2D eigenvalue weighted by atomic mass is 16.4. The predicted molar refractivity (Wildman–Crippen MR) is 47.5 cm³/mol. The minimum absolute atomic E-state index is 0.357. The first-order valence-corrected chi connectivity index (χ1v) is 4.44. The lowest BCUT2D eigenvalue weighted by molar-refractivity contribution is -0.671. The van der Waals surface area contributed by atoms with Crippen LogP contribution in [0.1, 0.15) is 30.3 Å². The van der Waals surface area contributed by atoms with Gasteiger partial charge in [0.1, 0.15) is 6.20 Å². The fraction of sp³-hybridized carbons (Fsp3) is 0.556. The molecule has 0 spiro atoms. The van der Waals surface area contributed by atoms with Gasteiger partial charge in [0.05, 0.1) is 13.6 Å². The number of aromatic carboxylic acids is 1. The monoisotopic (exact) mass is 183 g/mol. The van der Waals surface area contributed by atoms with E-state index in [2.05, 4.69) is 6.92 Å². The molecule has 13 heavy (non-hydrogen) atoms. The zero-order valence-electron chi connectivity index (χ0n) is 8.03. The molecule has 1 N–H and O–H groups in total. The average Bonchev–Trinajstić information content (AvgIpc) is 2.43. The van der Waals surface area contributed by atoms with E-state index in [9.17, 15) is 4.79 Å². The molecule has 0 aliphatic carbocycles. The molecule has 1 heterocycles. The van der Waals surface area contributed by atoms with Crippen LogP contribution in [-0.4, -0.2) is 15.6 Å². The number of hydrogen-bond donors (Lipinski definition) is 1. The summed E-state index contributed by atoms with van der Waals surface area (Å²) in [5.74, 6) is -0.864. The number of aryl methyl sites for hydroxylation is 2. The predicted octanol–water partition coefficient (Wildman–Crippen LogP) is 0.811. The molecular formula is C9H15N2O2+. The van der Waals surface area contributed by atoms with E-state index in [0.29, 0.717) is 5.69 Å². The average molecular weight is 183 g/mol. The van der Waals surface area contributed by atoms with Crippen LogP contribution < -0.4 is 4.57 Å². The molecule has 0 fully saturated rings. The highest BCUT2D eigenvalue weighted by Gasteiger charge is 2.17. The highest BCUT2D eigenvalue weighted by Crippen LogP contribution is 2.00. The lowest BCUT2D eigenvalue weighted by Crippen LogP contribution is -2.23. The number of hydrogen-bond acceptors (Lipinski definition) is 1. The van der Waals surface area contributed by atoms with Gasteiger partial charge in [-0.3, -0.25) is 0 Å². The van der Waals surface area contributed by atoms with E-state index >= 15 is 0 Å². The van der Waals surface area contributed by atoms with Gasteiger partial charge in [-0.1, -0.05) is 13.3 Å². The van der Waals surface area contributed by atoms with E-state index in [1.807, 2.05) is 7.05 Å². The summed E-state index contributed by atoms with van der Waals surface area (Å²) in [6, 6.07) is 0. The van der Waals surface area contributed by atoms with Gasteiger partial charge in [-0.15, -0.1) is 0 Å². The van der Waals surface area contributed by atoms with Crippen molar-refractivity contribution in [3.8, 4) is 0 Å². The maximum Gasteiger partial charge on any atom is 0.379 e. The molecule has 0 atom stereocenters. The van der Waals surface area contributed by atoms with Crippen molar-refractivity contribution in [1.82, 2.24) is 4.57 Å². The molecule has 0 aliphatic rings. The molecule has 0 saturated heterocycles. The number of aromatic nitrogens is 2. The molecule has 4 heteroatoms. The van der Waals surface area contributed by atoms with Gasteiger partial charge in [-0.2, -0.15) is 0 Å². The number of carbonyl (C=O) groups is 1. The van der Waals surface area contributed by atoms with Gasteiger partial charge in [0.25, 0.3) is 5.69 Å². The molecule has 72 valence electrons. The molecule has 0 aromatic carbocycles. The summed E-state index contributed by atoms with van der Waals surface area (Å²) in [5, 5.41) is 8.84. The third kappa shape index (κ3) is 2.31. The zero-order valence-corrected chi connectivity index (χ0v) is 8.03. The Morgan fingerprint density at radius 2 is 2.38 bits per heavy atom. The van der Waals surface area contributed by atoms with Gasteiger partial charge in [0, 0.05) is 0 Å².